The van der Waals surface area contributed by atoms with E-state index in [1.165, 1.54) is 11.1 Å². The fraction of sp³-hybridized carbons (Fsp3) is 0.200. The molecule has 0 aliphatic carbocycles. The molecule has 88 valence electrons. The molecule has 17 heavy (non-hydrogen) atoms. The highest BCUT2D eigenvalue weighted by Gasteiger charge is 2.16. The van der Waals surface area contributed by atoms with Crippen LogP contribution in [0, 0.1) is 0 Å². The second kappa shape index (κ2) is 5.78. The summed E-state index contributed by atoms with van der Waals surface area (Å²) in [6.07, 6.45) is 2.13. The molecule has 1 nitrogen and oxygen atoms in total. The van der Waals surface area contributed by atoms with Crippen molar-refractivity contribution in [2.75, 3.05) is 13.4 Å². The van der Waals surface area contributed by atoms with Gasteiger partial charge in [-0.1, -0.05) is 48.5 Å². The molecule has 2 aromatic carbocycles. The van der Waals surface area contributed by atoms with Crippen LogP contribution in [0.4, 0.5) is 0 Å². The van der Waals surface area contributed by atoms with E-state index < -0.39 is 0 Å². The van der Waals surface area contributed by atoms with Crippen molar-refractivity contribution in [1.29, 1.82) is 0 Å². The van der Waals surface area contributed by atoms with Gasteiger partial charge in [-0.2, -0.15) is 11.8 Å². The molecule has 0 amide bonds. The van der Waals surface area contributed by atoms with E-state index in [1.54, 1.807) is 7.11 Å². The highest BCUT2D eigenvalue weighted by molar-refractivity contribution is 7.99. The Hall–Kier alpha value is -1.41. The Morgan fingerprint density at radius 1 is 0.941 bits per heavy atom. The van der Waals surface area contributed by atoms with Gasteiger partial charge >= 0.3 is 0 Å². The normalized spacial score (nSPS) is 12.1. The molecule has 1 unspecified atom stereocenters. The minimum absolute atomic E-state index is 0.326. The van der Waals surface area contributed by atoms with Gasteiger partial charge in [-0.3, -0.25) is 0 Å². The van der Waals surface area contributed by atoms with Crippen LogP contribution in [0.3, 0.4) is 0 Å². The van der Waals surface area contributed by atoms with E-state index in [1.807, 2.05) is 30.0 Å². The number of hydrogen-bond donors (Lipinski definition) is 0. The standard InChI is InChI=1S/C15H16OS/c1-16-14-11-7-6-10-13(14)15(17-2)12-8-4-3-5-9-12/h3-11,15H,1-2H3. The molecule has 0 bridgehead atoms. The van der Waals surface area contributed by atoms with Crippen LogP contribution in [0.5, 0.6) is 5.75 Å². The van der Waals surface area contributed by atoms with Crippen molar-refractivity contribution in [2.45, 2.75) is 5.25 Å². The van der Waals surface area contributed by atoms with E-state index in [4.69, 9.17) is 4.74 Å². The number of para-hydroxylation sites is 1. The third-order valence-electron chi connectivity index (χ3n) is 2.76. The summed E-state index contributed by atoms with van der Waals surface area (Å²) in [7, 11) is 1.72. The van der Waals surface area contributed by atoms with Crippen molar-refractivity contribution in [3.05, 3.63) is 65.7 Å². The quantitative estimate of drug-likeness (QED) is 0.799. The minimum Gasteiger partial charge on any atom is -0.496 e. The Labute approximate surface area is 107 Å². The maximum Gasteiger partial charge on any atom is 0.123 e. The van der Waals surface area contributed by atoms with Gasteiger partial charge in [0.25, 0.3) is 0 Å². The zero-order valence-corrected chi connectivity index (χ0v) is 10.9. The van der Waals surface area contributed by atoms with Gasteiger partial charge in [-0.05, 0) is 17.9 Å². The predicted molar refractivity (Wildman–Crippen MR) is 74.8 cm³/mol. The number of thioether (sulfide) groups is 1. The molecule has 0 N–H and O–H groups in total. The highest BCUT2D eigenvalue weighted by Crippen LogP contribution is 2.38. The lowest BCUT2D eigenvalue weighted by molar-refractivity contribution is 0.410. The van der Waals surface area contributed by atoms with Crippen molar-refractivity contribution in [2.24, 2.45) is 0 Å². The second-order valence-corrected chi connectivity index (χ2v) is 4.71. The molecule has 0 fully saturated rings. The smallest absolute Gasteiger partial charge is 0.123 e. The molecule has 0 aliphatic heterocycles. The highest BCUT2D eigenvalue weighted by atomic mass is 32.2. The summed E-state index contributed by atoms with van der Waals surface area (Å²) >= 11 is 1.83. The molecule has 0 heterocycles. The Bertz CT molecular complexity index is 467. The van der Waals surface area contributed by atoms with Crippen molar-refractivity contribution in [3.8, 4) is 5.75 Å². The van der Waals surface area contributed by atoms with Gasteiger partial charge in [0, 0.05) is 5.56 Å². The SMILES string of the molecule is COc1ccccc1C(SC)c1ccccc1. The first-order chi connectivity index (χ1) is 8.36. The Kier molecular flexibility index (Phi) is 4.10. The average Bonchev–Trinajstić information content (AvgIpc) is 2.41. The van der Waals surface area contributed by atoms with Crippen LogP contribution in [-0.2, 0) is 0 Å². The van der Waals surface area contributed by atoms with Gasteiger partial charge in [-0.25, -0.2) is 0 Å². The van der Waals surface area contributed by atoms with Crippen LogP contribution in [0.1, 0.15) is 16.4 Å². The summed E-state index contributed by atoms with van der Waals surface area (Å²) in [5, 5.41) is 0.326. The molecule has 2 aromatic rings. The Balaban J connectivity index is 2.42. The molecule has 0 spiro atoms. The van der Waals surface area contributed by atoms with Gasteiger partial charge in [-0.15, -0.1) is 0 Å². The predicted octanol–water partition coefficient (Wildman–Crippen LogP) is 4.15. The lowest BCUT2D eigenvalue weighted by Crippen LogP contribution is -1.99. The fourth-order valence-electron chi connectivity index (χ4n) is 1.95. The molecule has 1 atom stereocenters. The van der Waals surface area contributed by atoms with E-state index >= 15 is 0 Å². The molecule has 0 saturated carbocycles. The second-order valence-electron chi connectivity index (χ2n) is 3.77. The molecular weight excluding hydrogens is 228 g/mol. The first kappa shape index (κ1) is 12.1. The van der Waals surface area contributed by atoms with E-state index in [9.17, 15) is 0 Å². The zero-order valence-electron chi connectivity index (χ0n) is 10.1. The maximum absolute atomic E-state index is 5.44. The van der Waals surface area contributed by atoms with Crippen LogP contribution in [-0.4, -0.2) is 13.4 Å². The van der Waals surface area contributed by atoms with Gasteiger partial charge < -0.3 is 4.74 Å². The number of ether oxygens (including phenoxy) is 1. The van der Waals surface area contributed by atoms with Crippen molar-refractivity contribution < 1.29 is 4.74 Å². The first-order valence-corrected chi connectivity index (χ1v) is 6.86. The molecule has 0 radical (unpaired) electrons. The van der Waals surface area contributed by atoms with Crippen molar-refractivity contribution in [3.63, 3.8) is 0 Å². The third kappa shape index (κ3) is 2.64. The Morgan fingerprint density at radius 2 is 1.59 bits per heavy atom. The number of methoxy groups -OCH3 is 1. The fourth-order valence-corrected chi connectivity index (χ4v) is 2.83. The van der Waals surface area contributed by atoms with Crippen molar-refractivity contribution >= 4 is 11.8 Å². The van der Waals surface area contributed by atoms with Crippen LogP contribution in [0.15, 0.2) is 54.6 Å². The van der Waals surface area contributed by atoms with Gasteiger partial charge in [0.2, 0.25) is 0 Å². The molecular formula is C15H16OS. The van der Waals surface area contributed by atoms with E-state index in [0.29, 0.717) is 5.25 Å². The number of hydrogen-bond acceptors (Lipinski definition) is 2. The lowest BCUT2D eigenvalue weighted by Gasteiger charge is -2.18. The number of benzene rings is 2. The zero-order chi connectivity index (χ0) is 12.1. The average molecular weight is 244 g/mol. The van der Waals surface area contributed by atoms with Crippen LogP contribution < -0.4 is 4.74 Å². The first-order valence-electron chi connectivity index (χ1n) is 5.57. The van der Waals surface area contributed by atoms with E-state index in [-0.39, 0.29) is 0 Å². The lowest BCUT2D eigenvalue weighted by atomic mass is 10.0. The van der Waals surface area contributed by atoms with Gasteiger partial charge in [0.05, 0.1) is 12.4 Å². The van der Waals surface area contributed by atoms with Gasteiger partial charge in [0.1, 0.15) is 5.75 Å². The van der Waals surface area contributed by atoms with E-state index in [0.717, 1.165) is 5.75 Å². The molecule has 2 heteroatoms. The summed E-state index contributed by atoms with van der Waals surface area (Å²) in [6, 6.07) is 18.7. The third-order valence-corrected chi connectivity index (χ3v) is 3.76. The van der Waals surface area contributed by atoms with Gasteiger partial charge in [0.15, 0.2) is 0 Å². The molecule has 0 aromatic heterocycles. The van der Waals surface area contributed by atoms with Crippen molar-refractivity contribution in [1.82, 2.24) is 0 Å². The molecule has 2 rings (SSSR count). The Morgan fingerprint density at radius 3 is 2.24 bits per heavy atom. The molecule has 0 saturated heterocycles. The monoisotopic (exact) mass is 244 g/mol. The summed E-state index contributed by atoms with van der Waals surface area (Å²) in [5.41, 5.74) is 2.54. The van der Waals surface area contributed by atoms with E-state index in [2.05, 4.69) is 42.7 Å². The maximum atomic E-state index is 5.44. The summed E-state index contributed by atoms with van der Waals surface area (Å²) in [4.78, 5) is 0. The van der Waals surface area contributed by atoms with Crippen LogP contribution in [0.2, 0.25) is 0 Å². The topological polar surface area (TPSA) is 9.23 Å². The summed E-state index contributed by atoms with van der Waals surface area (Å²) < 4.78 is 5.44. The summed E-state index contributed by atoms with van der Waals surface area (Å²) in [6.45, 7) is 0. The molecule has 0 aliphatic rings. The summed E-state index contributed by atoms with van der Waals surface area (Å²) in [5.74, 6) is 0.954. The minimum atomic E-state index is 0.326. The number of rotatable bonds is 4. The largest absolute Gasteiger partial charge is 0.496 e. The van der Waals surface area contributed by atoms with Crippen LogP contribution in [0.25, 0.3) is 0 Å². The van der Waals surface area contributed by atoms with Crippen LogP contribution >= 0.6 is 11.8 Å².